The Hall–Kier alpha value is -2.96. The predicted octanol–water partition coefficient (Wildman–Crippen LogP) is 3.36. The molecule has 0 saturated carbocycles. The number of sulfonamides is 2. The molecule has 1 heterocycles. The van der Waals surface area contributed by atoms with Gasteiger partial charge in [0.15, 0.2) is 0 Å². The SMILES string of the molecule is Cc1cc(N(CC(=O)Nc2ccc(S(=O)(=O)Nc3ccccn3)cc2)S(C)(=O)=O)ccc1Br. The molecule has 9 nitrogen and oxygen atoms in total. The van der Waals surface area contributed by atoms with E-state index in [9.17, 15) is 21.6 Å². The van der Waals surface area contributed by atoms with Crippen LogP contribution in [0, 0.1) is 6.92 Å². The minimum Gasteiger partial charge on any atom is -0.325 e. The summed E-state index contributed by atoms with van der Waals surface area (Å²) in [5, 5.41) is 2.59. The van der Waals surface area contributed by atoms with Gasteiger partial charge in [-0.25, -0.2) is 21.8 Å². The van der Waals surface area contributed by atoms with Crippen molar-refractivity contribution < 1.29 is 21.6 Å². The maximum absolute atomic E-state index is 12.6. The van der Waals surface area contributed by atoms with Crippen molar-refractivity contribution in [3.8, 4) is 0 Å². The Bertz CT molecular complexity index is 1360. The highest BCUT2D eigenvalue weighted by molar-refractivity contribution is 9.10. The van der Waals surface area contributed by atoms with E-state index in [0.29, 0.717) is 11.4 Å². The van der Waals surface area contributed by atoms with E-state index in [1.807, 2.05) is 6.92 Å². The molecule has 0 aliphatic carbocycles. The van der Waals surface area contributed by atoms with Crippen molar-refractivity contribution in [2.75, 3.05) is 27.1 Å². The number of amides is 1. The summed E-state index contributed by atoms with van der Waals surface area (Å²) in [6.07, 6.45) is 2.48. The van der Waals surface area contributed by atoms with Gasteiger partial charge >= 0.3 is 0 Å². The number of halogens is 1. The Morgan fingerprint density at radius 2 is 1.73 bits per heavy atom. The molecule has 0 aliphatic rings. The summed E-state index contributed by atoms with van der Waals surface area (Å²) in [5.74, 6) is -0.401. The van der Waals surface area contributed by atoms with E-state index in [0.717, 1.165) is 20.6 Å². The molecule has 0 spiro atoms. The van der Waals surface area contributed by atoms with Gasteiger partial charge in [0.05, 0.1) is 16.8 Å². The third-order valence-electron chi connectivity index (χ3n) is 4.47. The van der Waals surface area contributed by atoms with Gasteiger partial charge < -0.3 is 5.32 Å². The smallest absolute Gasteiger partial charge is 0.263 e. The van der Waals surface area contributed by atoms with Crippen LogP contribution in [0.5, 0.6) is 0 Å². The molecule has 0 bridgehead atoms. The van der Waals surface area contributed by atoms with Gasteiger partial charge in [-0.1, -0.05) is 22.0 Å². The predicted molar refractivity (Wildman–Crippen MR) is 131 cm³/mol. The molecule has 0 fully saturated rings. The van der Waals surface area contributed by atoms with Crippen LogP contribution in [0.25, 0.3) is 0 Å². The summed E-state index contributed by atoms with van der Waals surface area (Å²) in [6, 6.07) is 15.3. The maximum Gasteiger partial charge on any atom is 0.263 e. The Morgan fingerprint density at radius 3 is 2.30 bits per heavy atom. The highest BCUT2D eigenvalue weighted by atomic mass is 79.9. The maximum atomic E-state index is 12.6. The van der Waals surface area contributed by atoms with Crippen LogP contribution < -0.4 is 14.3 Å². The number of benzene rings is 2. The summed E-state index contributed by atoms with van der Waals surface area (Å²) in [5.41, 5.74) is 1.49. The molecule has 0 radical (unpaired) electrons. The second kappa shape index (κ2) is 9.89. The van der Waals surface area contributed by atoms with Crippen LogP contribution in [0.3, 0.4) is 0 Å². The lowest BCUT2D eigenvalue weighted by Crippen LogP contribution is -2.37. The first-order valence-electron chi connectivity index (χ1n) is 9.53. The molecule has 2 N–H and O–H groups in total. The number of hydrogen-bond donors (Lipinski definition) is 2. The minimum absolute atomic E-state index is 0.0192. The molecule has 1 aromatic heterocycles. The molecule has 0 saturated heterocycles. The van der Waals surface area contributed by atoms with Gasteiger partial charge in [-0.3, -0.25) is 13.8 Å². The largest absolute Gasteiger partial charge is 0.325 e. The van der Waals surface area contributed by atoms with Gasteiger partial charge in [0.2, 0.25) is 15.9 Å². The third kappa shape index (κ3) is 6.53. The summed E-state index contributed by atoms with van der Waals surface area (Å²) in [4.78, 5) is 16.5. The number of nitrogens with one attached hydrogen (secondary N) is 2. The number of aryl methyl sites for hydroxylation is 1. The lowest BCUT2D eigenvalue weighted by Gasteiger charge is -2.22. The zero-order chi connectivity index (χ0) is 24.2. The average molecular weight is 553 g/mol. The number of aromatic nitrogens is 1. The van der Waals surface area contributed by atoms with Crippen LogP contribution in [-0.4, -0.2) is 40.5 Å². The van der Waals surface area contributed by atoms with Crippen molar-refractivity contribution in [2.24, 2.45) is 0 Å². The normalized spacial score (nSPS) is 11.6. The summed E-state index contributed by atoms with van der Waals surface area (Å²) in [6.45, 7) is 1.37. The van der Waals surface area contributed by atoms with E-state index in [1.165, 1.54) is 36.5 Å². The third-order valence-corrected chi connectivity index (χ3v) is 7.87. The Labute approximate surface area is 201 Å². The molecule has 0 atom stereocenters. The molecule has 1 amide bonds. The summed E-state index contributed by atoms with van der Waals surface area (Å²) < 4.78 is 53.7. The average Bonchev–Trinajstić information content (AvgIpc) is 2.74. The minimum atomic E-state index is -3.86. The number of carbonyl (C=O) groups is 1. The lowest BCUT2D eigenvalue weighted by atomic mass is 10.2. The van der Waals surface area contributed by atoms with Crippen LogP contribution in [-0.2, 0) is 24.8 Å². The quantitative estimate of drug-likeness (QED) is 0.441. The van der Waals surface area contributed by atoms with E-state index in [4.69, 9.17) is 0 Å². The van der Waals surface area contributed by atoms with Crippen molar-refractivity contribution >= 4 is 59.1 Å². The fourth-order valence-electron chi connectivity index (χ4n) is 2.85. The first kappa shape index (κ1) is 24.7. The van der Waals surface area contributed by atoms with Crippen LogP contribution in [0.2, 0.25) is 0 Å². The first-order valence-corrected chi connectivity index (χ1v) is 13.7. The number of hydrogen-bond acceptors (Lipinski definition) is 6. The Morgan fingerprint density at radius 1 is 1.03 bits per heavy atom. The molecule has 0 aliphatic heterocycles. The van der Waals surface area contributed by atoms with Crippen molar-refractivity contribution in [3.63, 3.8) is 0 Å². The van der Waals surface area contributed by atoms with E-state index in [2.05, 4.69) is 31.0 Å². The zero-order valence-electron chi connectivity index (χ0n) is 17.7. The Kier molecular flexibility index (Phi) is 7.40. The second-order valence-corrected chi connectivity index (χ2v) is 11.5. The topological polar surface area (TPSA) is 126 Å². The molecular formula is C21H21BrN4O5S2. The molecular weight excluding hydrogens is 532 g/mol. The van der Waals surface area contributed by atoms with Crippen LogP contribution >= 0.6 is 15.9 Å². The van der Waals surface area contributed by atoms with Crippen molar-refractivity contribution in [1.29, 1.82) is 0 Å². The number of pyridine rings is 1. The van der Waals surface area contributed by atoms with Gasteiger partial charge in [0.1, 0.15) is 12.4 Å². The molecule has 12 heteroatoms. The number of nitrogens with zero attached hydrogens (tertiary/aromatic N) is 2. The molecule has 0 unspecified atom stereocenters. The monoisotopic (exact) mass is 552 g/mol. The fraction of sp³-hybridized carbons (Fsp3) is 0.143. The zero-order valence-corrected chi connectivity index (χ0v) is 20.9. The van der Waals surface area contributed by atoms with E-state index < -0.39 is 32.5 Å². The highest BCUT2D eigenvalue weighted by Gasteiger charge is 2.22. The number of anilines is 3. The van der Waals surface area contributed by atoms with Gasteiger partial charge in [-0.05, 0) is 67.1 Å². The van der Waals surface area contributed by atoms with E-state index in [1.54, 1.807) is 30.3 Å². The molecule has 3 rings (SSSR count). The lowest BCUT2D eigenvalue weighted by molar-refractivity contribution is -0.114. The second-order valence-electron chi connectivity index (χ2n) is 7.10. The van der Waals surface area contributed by atoms with E-state index in [-0.39, 0.29) is 10.7 Å². The van der Waals surface area contributed by atoms with Crippen LogP contribution in [0.4, 0.5) is 17.2 Å². The van der Waals surface area contributed by atoms with Crippen molar-refractivity contribution in [1.82, 2.24) is 4.98 Å². The summed E-state index contributed by atoms with van der Waals surface area (Å²) in [7, 11) is -7.58. The molecule has 3 aromatic rings. The van der Waals surface area contributed by atoms with Crippen molar-refractivity contribution in [3.05, 3.63) is 76.9 Å². The fourth-order valence-corrected chi connectivity index (χ4v) is 4.96. The van der Waals surface area contributed by atoms with E-state index >= 15 is 0 Å². The number of rotatable bonds is 8. The summed E-state index contributed by atoms with van der Waals surface area (Å²) >= 11 is 3.36. The van der Waals surface area contributed by atoms with Gasteiger partial charge in [-0.2, -0.15) is 0 Å². The molecule has 2 aromatic carbocycles. The Balaban J connectivity index is 1.72. The van der Waals surface area contributed by atoms with Gasteiger partial charge in [0, 0.05) is 16.4 Å². The molecule has 174 valence electrons. The van der Waals surface area contributed by atoms with Gasteiger partial charge in [0.25, 0.3) is 10.0 Å². The molecule has 33 heavy (non-hydrogen) atoms. The number of carbonyl (C=O) groups excluding carboxylic acids is 1. The van der Waals surface area contributed by atoms with Crippen molar-refractivity contribution in [2.45, 2.75) is 11.8 Å². The first-order chi connectivity index (χ1) is 15.5. The highest BCUT2D eigenvalue weighted by Crippen LogP contribution is 2.25. The van der Waals surface area contributed by atoms with Gasteiger partial charge in [-0.15, -0.1) is 0 Å². The van der Waals surface area contributed by atoms with Crippen LogP contribution in [0.15, 0.2) is 76.2 Å². The van der Waals surface area contributed by atoms with Crippen LogP contribution in [0.1, 0.15) is 5.56 Å². The standard InChI is InChI=1S/C21H21BrN4O5S2/c1-15-13-17(8-11-19(15)22)26(32(2,28)29)14-21(27)24-16-6-9-18(10-7-16)33(30,31)25-20-5-3-4-12-23-20/h3-13H,14H2,1-2H3,(H,23,25)(H,24,27).